The SMILES string of the molecule is O=C(O)c1ccc(CNC2CCN(C(=O)C3CC3)CC2)o1. The molecular formula is C15H20N2O4. The Hall–Kier alpha value is -1.82. The summed E-state index contributed by atoms with van der Waals surface area (Å²) in [5, 5.41) is 12.2. The number of hydrogen-bond donors (Lipinski definition) is 2. The summed E-state index contributed by atoms with van der Waals surface area (Å²) in [4.78, 5) is 24.7. The molecule has 3 rings (SSSR count). The molecule has 0 radical (unpaired) electrons. The van der Waals surface area contributed by atoms with Gasteiger partial charge in [0.05, 0.1) is 6.54 Å². The van der Waals surface area contributed by atoms with Crippen molar-refractivity contribution in [1.29, 1.82) is 0 Å². The first kappa shape index (κ1) is 14.1. The molecule has 0 unspecified atom stereocenters. The van der Waals surface area contributed by atoms with Crippen LogP contribution in [0.3, 0.4) is 0 Å². The van der Waals surface area contributed by atoms with Gasteiger partial charge in [-0.2, -0.15) is 0 Å². The largest absolute Gasteiger partial charge is 0.475 e. The summed E-state index contributed by atoms with van der Waals surface area (Å²) in [6, 6.07) is 3.50. The number of nitrogens with zero attached hydrogens (tertiary/aromatic N) is 1. The molecule has 1 aliphatic heterocycles. The summed E-state index contributed by atoms with van der Waals surface area (Å²) in [6.45, 7) is 2.14. The molecule has 1 aromatic rings. The van der Waals surface area contributed by atoms with Gasteiger partial charge < -0.3 is 19.7 Å². The lowest BCUT2D eigenvalue weighted by molar-refractivity contribution is -0.133. The fourth-order valence-corrected chi connectivity index (χ4v) is 2.73. The van der Waals surface area contributed by atoms with Gasteiger partial charge in [-0.15, -0.1) is 0 Å². The number of carboxylic acid groups (broad SMARTS) is 1. The highest BCUT2D eigenvalue weighted by Gasteiger charge is 2.34. The Balaban J connectivity index is 1.42. The summed E-state index contributed by atoms with van der Waals surface area (Å²) in [5.41, 5.74) is 0. The molecule has 1 aromatic heterocycles. The number of hydrogen-bond acceptors (Lipinski definition) is 4. The molecule has 1 aliphatic carbocycles. The van der Waals surface area contributed by atoms with E-state index in [-0.39, 0.29) is 5.76 Å². The van der Waals surface area contributed by atoms with Gasteiger partial charge in [0.2, 0.25) is 11.7 Å². The number of furan rings is 1. The zero-order valence-corrected chi connectivity index (χ0v) is 11.9. The molecule has 6 nitrogen and oxygen atoms in total. The monoisotopic (exact) mass is 292 g/mol. The van der Waals surface area contributed by atoms with Crippen LogP contribution in [0.1, 0.15) is 42.0 Å². The molecule has 2 heterocycles. The van der Waals surface area contributed by atoms with Gasteiger partial charge in [0.15, 0.2) is 0 Å². The Morgan fingerprint density at radius 2 is 1.95 bits per heavy atom. The molecule has 1 amide bonds. The maximum atomic E-state index is 11.9. The first-order valence-electron chi connectivity index (χ1n) is 7.47. The fourth-order valence-electron chi connectivity index (χ4n) is 2.73. The average Bonchev–Trinajstić information content (AvgIpc) is 3.23. The minimum absolute atomic E-state index is 0.0309. The standard InChI is InChI=1S/C15H20N2O4/c18-14(10-1-2-10)17-7-5-11(6-8-17)16-9-12-3-4-13(21-12)15(19)20/h3-4,10-11,16H,1-2,5-9H2,(H,19,20). The van der Waals surface area contributed by atoms with E-state index in [9.17, 15) is 9.59 Å². The number of nitrogens with one attached hydrogen (secondary N) is 1. The topological polar surface area (TPSA) is 82.8 Å². The van der Waals surface area contributed by atoms with Crippen LogP contribution in [0, 0.1) is 5.92 Å². The smallest absolute Gasteiger partial charge is 0.371 e. The molecule has 114 valence electrons. The maximum absolute atomic E-state index is 11.9. The van der Waals surface area contributed by atoms with Crippen molar-refractivity contribution in [3.63, 3.8) is 0 Å². The first-order chi connectivity index (χ1) is 10.1. The average molecular weight is 292 g/mol. The molecule has 1 saturated carbocycles. The molecule has 6 heteroatoms. The van der Waals surface area contributed by atoms with Crippen molar-refractivity contribution in [2.75, 3.05) is 13.1 Å². The van der Waals surface area contributed by atoms with E-state index in [1.807, 2.05) is 4.90 Å². The van der Waals surface area contributed by atoms with Gasteiger partial charge in [0.1, 0.15) is 5.76 Å². The van der Waals surface area contributed by atoms with E-state index in [0.29, 0.717) is 30.2 Å². The van der Waals surface area contributed by atoms with Gasteiger partial charge in [-0.1, -0.05) is 0 Å². The van der Waals surface area contributed by atoms with Gasteiger partial charge >= 0.3 is 5.97 Å². The highest BCUT2D eigenvalue weighted by atomic mass is 16.4. The van der Waals surface area contributed by atoms with Crippen molar-refractivity contribution >= 4 is 11.9 Å². The summed E-state index contributed by atoms with van der Waals surface area (Å²) < 4.78 is 5.21. The molecule has 0 bridgehead atoms. The molecule has 0 atom stereocenters. The Morgan fingerprint density at radius 3 is 2.52 bits per heavy atom. The van der Waals surface area contributed by atoms with Gasteiger partial charge in [0, 0.05) is 25.0 Å². The lowest BCUT2D eigenvalue weighted by Crippen LogP contribution is -2.45. The predicted octanol–water partition coefficient (Wildman–Crippen LogP) is 1.47. The quantitative estimate of drug-likeness (QED) is 0.858. The summed E-state index contributed by atoms with van der Waals surface area (Å²) in [7, 11) is 0. The second-order valence-electron chi connectivity index (χ2n) is 5.83. The molecule has 1 saturated heterocycles. The number of amides is 1. The van der Waals surface area contributed by atoms with Crippen LogP contribution < -0.4 is 5.32 Å². The van der Waals surface area contributed by atoms with Gasteiger partial charge in [-0.25, -0.2) is 4.79 Å². The minimum Gasteiger partial charge on any atom is -0.475 e. The van der Waals surface area contributed by atoms with Crippen molar-refractivity contribution in [2.45, 2.75) is 38.3 Å². The van der Waals surface area contributed by atoms with Gasteiger partial charge in [0.25, 0.3) is 0 Å². The lowest BCUT2D eigenvalue weighted by atomic mass is 10.0. The molecule has 2 fully saturated rings. The Kier molecular flexibility index (Phi) is 3.96. The normalized spacial score (nSPS) is 19.7. The second-order valence-corrected chi connectivity index (χ2v) is 5.83. The first-order valence-corrected chi connectivity index (χ1v) is 7.47. The van der Waals surface area contributed by atoms with Crippen LogP contribution in [0.5, 0.6) is 0 Å². The van der Waals surface area contributed by atoms with E-state index in [1.54, 1.807) is 6.07 Å². The van der Waals surface area contributed by atoms with Gasteiger partial charge in [-0.05, 0) is 37.8 Å². The number of carbonyl (C=O) groups excluding carboxylic acids is 1. The van der Waals surface area contributed by atoms with Crippen LogP contribution in [0.25, 0.3) is 0 Å². The Bertz CT molecular complexity index is 528. The van der Waals surface area contributed by atoms with Crippen molar-refractivity contribution in [2.24, 2.45) is 5.92 Å². The molecule has 2 N–H and O–H groups in total. The zero-order valence-electron chi connectivity index (χ0n) is 11.9. The highest BCUT2D eigenvalue weighted by Crippen LogP contribution is 2.31. The molecular weight excluding hydrogens is 272 g/mol. The van der Waals surface area contributed by atoms with E-state index in [1.165, 1.54) is 6.07 Å². The van der Waals surface area contributed by atoms with Crippen LogP contribution in [0.2, 0.25) is 0 Å². The third-order valence-electron chi connectivity index (χ3n) is 4.17. The maximum Gasteiger partial charge on any atom is 0.371 e. The van der Waals surface area contributed by atoms with Crippen LogP contribution in [-0.4, -0.2) is 41.0 Å². The van der Waals surface area contributed by atoms with Crippen molar-refractivity contribution < 1.29 is 19.1 Å². The van der Waals surface area contributed by atoms with E-state index in [0.717, 1.165) is 38.8 Å². The third-order valence-corrected chi connectivity index (χ3v) is 4.17. The number of piperidine rings is 1. The van der Waals surface area contributed by atoms with E-state index in [2.05, 4.69) is 5.32 Å². The summed E-state index contributed by atoms with van der Waals surface area (Å²) in [6.07, 6.45) is 3.98. The Labute approximate surface area is 123 Å². The Morgan fingerprint density at radius 1 is 1.24 bits per heavy atom. The number of aromatic carboxylic acids is 1. The van der Waals surface area contributed by atoms with E-state index < -0.39 is 5.97 Å². The van der Waals surface area contributed by atoms with Crippen molar-refractivity contribution in [3.05, 3.63) is 23.7 Å². The number of likely N-dealkylation sites (tertiary alicyclic amines) is 1. The number of carboxylic acids is 1. The van der Waals surface area contributed by atoms with Gasteiger partial charge in [-0.3, -0.25) is 4.79 Å². The fraction of sp³-hybridized carbons (Fsp3) is 0.600. The molecule has 21 heavy (non-hydrogen) atoms. The van der Waals surface area contributed by atoms with Crippen LogP contribution >= 0.6 is 0 Å². The van der Waals surface area contributed by atoms with Crippen LogP contribution in [0.15, 0.2) is 16.5 Å². The zero-order chi connectivity index (χ0) is 14.8. The molecule has 0 aromatic carbocycles. The number of rotatable bonds is 5. The summed E-state index contributed by atoms with van der Waals surface area (Å²) in [5.74, 6) is 0.173. The second kappa shape index (κ2) is 5.89. The van der Waals surface area contributed by atoms with Crippen LogP contribution in [-0.2, 0) is 11.3 Å². The molecule has 0 spiro atoms. The van der Waals surface area contributed by atoms with Crippen molar-refractivity contribution in [3.8, 4) is 0 Å². The number of carbonyl (C=O) groups is 2. The van der Waals surface area contributed by atoms with E-state index in [4.69, 9.17) is 9.52 Å². The minimum atomic E-state index is -1.05. The summed E-state index contributed by atoms with van der Waals surface area (Å²) >= 11 is 0. The predicted molar refractivity (Wildman–Crippen MR) is 74.8 cm³/mol. The molecule has 2 aliphatic rings. The third kappa shape index (κ3) is 3.44. The van der Waals surface area contributed by atoms with E-state index >= 15 is 0 Å². The highest BCUT2D eigenvalue weighted by molar-refractivity contribution is 5.84. The van der Waals surface area contributed by atoms with Crippen LogP contribution in [0.4, 0.5) is 0 Å². The lowest BCUT2D eigenvalue weighted by Gasteiger charge is -2.32. The van der Waals surface area contributed by atoms with Crippen molar-refractivity contribution in [1.82, 2.24) is 10.2 Å².